The maximum absolute atomic E-state index is 10.2. The molecule has 0 heterocycles. The zero-order valence-corrected chi connectivity index (χ0v) is 7.68. The monoisotopic (exact) mass is 178 g/mol. The van der Waals surface area contributed by atoms with Gasteiger partial charge in [0.25, 0.3) is 0 Å². The molecular formula is C11H14O2. The van der Waals surface area contributed by atoms with Crippen molar-refractivity contribution in [3.8, 4) is 11.8 Å². The summed E-state index contributed by atoms with van der Waals surface area (Å²) in [6.07, 6.45) is 7.55. The third kappa shape index (κ3) is 2.03. The third-order valence-corrected chi connectivity index (χ3v) is 3.39. The average molecular weight is 178 g/mol. The third-order valence-electron chi connectivity index (χ3n) is 3.39. The lowest BCUT2D eigenvalue weighted by Crippen LogP contribution is -2.14. The summed E-state index contributed by atoms with van der Waals surface area (Å²) in [4.78, 5) is 10.2. The predicted molar refractivity (Wildman–Crippen MR) is 49.0 cm³/mol. The number of carboxylic acids is 1. The lowest BCUT2D eigenvalue weighted by atomic mass is 9.80. The Hall–Kier alpha value is -0.970. The maximum atomic E-state index is 10.2. The van der Waals surface area contributed by atoms with E-state index in [-0.39, 0.29) is 0 Å². The molecule has 2 saturated carbocycles. The van der Waals surface area contributed by atoms with Crippen LogP contribution in [0.25, 0.3) is 0 Å². The van der Waals surface area contributed by atoms with E-state index in [1.807, 2.05) is 0 Å². The highest BCUT2D eigenvalue weighted by Gasteiger charge is 2.44. The first-order valence-corrected chi connectivity index (χ1v) is 4.95. The molecule has 1 N–H and O–H groups in total. The predicted octanol–water partition coefficient (Wildman–Crippen LogP) is 2.04. The first-order valence-electron chi connectivity index (χ1n) is 4.95. The number of carboxylic acid groups (broad SMARTS) is 1. The van der Waals surface area contributed by atoms with Crippen molar-refractivity contribution >= 4 is 5.97 Å². The zero-order chi connectivity index (χ0) is 9.31. The van der Waals surface area contributed by atoms with E-state index in [1.165, 1.54) is 25.7 Å². The molecule has 0 aliphatic heterocycles. The van der Waals surface area contributed by atoms with Gasteiger partial charge in [-0.1, -0.05) is 5.92 Å². The largest absolute Gasteiger partial charge is 0.472 e. The van der Waals surface area contributed by atoms with Gasteiger partial charge < -0.3 is 5.11 Å². The van der Waals surface area contributed by atoms with Gasteiger partial charge in [-0.15, -0.1) is 0 Å². The Bertz CT molecular complexity index is 268. The molecule has 0 aromatic carbocycles. The molecule has 1 spiro atoms. The summed E-state index contributed by atoms with van der Waals surface area (Å²) < 4.78 is 0. The molecule has 0 aromatic rings. The van der Waals surface area contributed by atoms with Crippen LogP contribution in [0.5, 0.6) is 0 Å². The quantitative estimate of drug-likeness (QED) is 0.576. The average Bonchev–Trinajstić information content (AvgIpc) is 2.85. The number of rotatable bonds is 0. The first kappa shape index (κ1) is 8.62. The van der Waals surface area contributed by atoms with Gasteiger partial charge in [-0.25, -0.2) is 4.79 Å². The normalized spacial score (nSPS) is 24.9. The second-order valence-corrected chi connectivity index (χ2v) is 4.35. The molecule has 2 heteroatoms. The number of aliphatic carboxylic acids is 1. The summed E-state index contributed by atoms with van der Waals surface area (Å²) in [5, 5.41) is 8.39. The van der Waals surface area contributed by atoms with Gasteiger partial charge in [-0.2, -0.15) is 0 Å². The first-order chi connectivity index (χ1) is 6.20. The van der Waals surface area contributed by atoms with E-state index in [1.54, 1.807) is 0 Å². The smallest absolute Gasteiger partial charge is 0.381 e. The second kappa shape index (κ2) is 3.06. The standard InChI is InChI=1S/C11H14O2/c12-10(13)2-1-9-3-5-11(6-4-9)7-8-11/h9H,3-8H2,(H,12,13). The van der Waals surface area contributed by atoms with Gasteiger partial charge in [0, 0.05) is 11.8 Å². The Balaban J connectivity index is 1.85. The zero-order valence-electron chi connectivity index (χ0n) is 7.68. The highest BCUT2D eigenvalue weighted by Crippen LogP contribution is 2.56. The fraction of sp³-hybridized carbons (Fsp3) is 0.727. The molecule has 0 atom stereocenters. The van der Waals surface area contributed by atoms with E-state index in [0.29, 0.717) is 11.3 Å². The van der Waals surface area contributed by atoms with Crippen molar-refractivity contribution < 1.29 is 9.90 Å². The van der Waals surface area contributed by atoms with Crippen LogP contribution in [0.4, 0.5) is 0 Å². The summed E-state index contributed by atoms with van der Waals surface area (Å²) >= 11 is 0. The molecule has 2 fully saturated rings. The Kier molecular flexibility index (Phi) is 2.03. The van der Waals surface area contributed by atoms with Gasteiger partial charge in [0.1, 0.15) is 0 Å². The van der Waals surface area contributed by atoms with Gasteiger partial charge in [-0.3, -0.25) is 0 Å². The van der Waals surface area contributed by atoms with Gasteiger partial charge in [0.05, 0.1) is 0 Å². The highest BCUT2D eigenvalue weighted by atomic mass is 16.4. The lowest BCUT2D eigenvalue weighted by Gasteiger charge is -2.24. The van der Waals surface area contributed by atoms with Crippen LogP contribution in [0.15, 0.2) is 0 Å². The number of hydrogen-bond acceptors (Lipinski definition) is 1. The summed E-state index contributed by atoms with van der Waals surface area (Å²) in [5.41, 5.74) is 0.682. The Labute approximate surface area is 78.3 Å². The fourth-order valence-corrected chi connectivity index (χ4v) is 2.22. The van der Waals surface area contributed by atoms with Gasteiger partial charge >= 0.3 is 5.97 Å². The van der Waals surface area contributed by atoms with Crippen molar-refractivity contribution in [2.45, 2.75) is 38.5 Å². The molecule has 0 unspecified atom stereocenters. The Morgan fingerprint density at radius 2 is 1.85 bits per heavy atom. The second-order valence-electron chi connectivity index (χ2n) is 4.35. The molecule has 0 bridgehead atoms. The number of carbonyl (C=O) groups is 1. The van der Waals surface area contributed by atoms with Crippen molar-refractivity contribution in [1.82, 2.24) is 0 Å². The molecule has 2 aliphatic rings. The molecule has 2 nitrogen and oxygen atoms in total. The maximum Gasteiger partial charge on any atom is 0.381 e. The topological polar surface area (TPSA) is 37.3 Å². The summed E-state index contributed by atoms with van der Waals surface area (Å²) in [7, 11) is 0. The highest BCUT2D eigenvalue weighted by molar-refractivity contribution is 5.86. The van der Waals surface area contributed by atoms with E-state index in [9.17, 15) is 4.79 Å². The van der Waals surface area contributed by atoms with Crippen molar-refractivity contribution in [2.24, 2.45) is 11.3 Å². The van der Waals surface area contributed by atoms with Crippen LogP contribution >= 0.6 is 0 Å². The van der Waals surface area contributed by atoms with Crippen molar-refractivity contribution in [3.05, 3.63) is 0 Å². The molecule has 70 valence electrons. The van der Waals surface area contributed by atoms with E-state index < -0.39 is 5.97 Å². The minimum absolute atomic E-state index is 0.349. The minimum Gasteiger partial charge on any atom is -0.472 e. The van der Waals surface area contributed by atoms with E-state index >= 15 is 0 Å². The molecular weight excluding hydrogens is 164 g/mol. The molecule has 0 aromatic heterocycles. The minimum atomic E-state index is -0.994. The van der Waals surface area contributed by atoms with Crippen LogP contribution < -0.4 is 0 Å². The van der Waals surface area contributed by atoms with Crippen molar-refractivity contribution in [2.75, 3.05) is 0 Å². The van der Waals surface area contributed by atoms with E-state index in [2.05, 4.69) is 11.8 Å². The number of hydrogen-bond donors (Lipinski definition) is 1. The molecule has 2 aliphatic carbocycles. The van der Waals surface area contributed by atoms with Crippen LogP contribution in [0, 0.1) is 23.2 Å². The summed E-state index contributed by atoms with van der Waals surface area (Å²) in [6, 6.07) is 0. The molecule has 2 rings (SSSR count). The molecule has 0 saturated heterocycles. The van der Waals surface area contributed by atoms with E-state index in [0.717, 1.165) is 12.8 Å². The van der Waals surface area contributed by atoms with Gasteiger partial charge in [0.2, 0.25) is 0 Å². The van der Waals surface area contributed by atoms with Crippen molar-refractivity contribution in [3.63, 3.8) is 0 Å². The van der Waals surface area contributed by atoms with Gasteiger partial charge in [0.15, 0.2) is 0 Å². The fourth-order valence-electron chi connectivity index (χ4n) is 2.22. The Morgan fingerprint density at radius 1 is 1.23 bits per heavy atom. The molecule has 13 heavy (non-hydrogen) atoms. The van der Waals surface area contributed by atoms with Crippen LogP contribution in [-0.4, -0.2) is 11.1 Å². The lowest BCUT2D eigenvalue weighted by molar-refractivity contribution is -0.130. The SMILES string of the molecule is O=C(O)C#CC1CCC2(CC1)CC2. The summed E-state index contributed by atoms with van der Waals surface area (Å²) in [6.45, 7) is 0. The van der Waals surface area contributed by atoms with Crippen LogP contribution in [0.1, 0.15) is 38.5 Å². The van der Waals surface area contributed by atoms with Crippen LogP contribution in [-0.2, 0) is 4.79 Å². The van der Waals surface area contributed by atoms with Crippen LogP contribution in [0.2, 0.25) is 0 Å². The summed E-state index contributed by atoms with van der Waals surface area (Å²) in [5.74, 6) is 4.42. The molecule has 0 radical (unpaired) electrons. The van der Waals surface area contributed by atoms with Crippen LogP contribution in [0.3, 0.4) is 0 Å². The Morgan fingerprint density at radius 3 is 2.31 bits per heavy atom. The van der Waals surface area contributed by atoms with Crippen molar-refractivity contribution in [1.29, 1.82) is 0 Å². The van der Waals surface area contributed by atoms with Gasteiger partial charge in [-0.05, 0) is 43.9 Å². The van der Waals surface area contributed by atoms with E-state index in [4.69, 9.17) is 5.11 Å². The molecule has 0 amide bonds.